The average molecular weight is 241 g/mol. The third kappa shape index (κ3) is 3.28. The smallest absolute Gasteiger partial charge is 0.330 e. The molecule has 0 unspecified atom stereocenters. The Hall–Kier alpha value is -1.48. The van der Waals surface area contributed by atoms with Gasteiger partial charge in [-0.1, -0.05) is 23.7 Å². The normalized spacial score (nSPS) is 10.4. The lowest BCUT2D eigenvalue weighted by molar-refractivity contribution is -0.137. The Morgan fingerprint density at radius 1 is 1.50 bits per heavy atom. The SMILES string of the molecule is CCOC(=O)C=Cc1cccc(Cl)c1OC. The maximum Gasteiger partial charge on any atom is 0.330 e. The lowest BCUT2D eigenvalue weighted by Gasteiger charge is -2.06. The Kier molecular flexibility index (Phi) is 4.86. The number of carbonyl (C=O) groups excluding carboxylic acids is 1. The van der Waals surface area contributed by atoms with Crippen molar-refractivity contribution < 1.29 is 14.3 Å². The Balaban J connectivity index is 2.88. The molecule has 3 nitrogen and oxygen atoms in total. The van der Waals surface area contributed by atoms with Crippen molar-refractivity contribution in [2.24, 2.45) is 0 Å². The van der Waals surface area contributed by atoms with Gasteiger partial charge in [-0.15, -0.1) is 0 Å². The molecule has 0 saturated heterocycles. The Morgan fingerprint density at radius 2 is 2.25 bits per heavy atom. The molecule has 0 aromatic heterocycles. The van der Waals surface area contributed by atoms with Crippen LogP contribution in [0.2, 0.25) is 5.02 Å². The minimum Gasteiger partial charge on any atom is -0.495 e. The molecule has 0 spiro atoms. The van der Waals surface area contributed by atoms with Gasteiger partial charge in [0.1, 0.15) is 5.75 Å². The second-order valence-electron chi connectivity index (χ2n) is 2.95. The van der Waals surface area contributed by atoms with E-state index in [0.29, 0.717) is 17.4 Å². The van der Waals surface area contributed by atoms with Crippen LogP contribution in [0.25, 0.3) is 6.08 Å². The molecule has 0 aliphatic rings. The van der Waals surface area contributed by atoms with Crippen LogP contribution in [-0.4, -0.2) is 19.7 Å². The van der Waals surface area contributed by atoms with Gasteiger partial charge in [-0.25, -0.2) is 4.79 Å². The van der Waals surface area contributed by atoms with Crippen LogP contribution in [0.15, 0.2) is 24.3 Å². The molecule has 0 radical (unpaired) electrons. The second-order valence-corrected chi connectivity index (χ2v) is 3.35. The number of para-hydroxylation sites is 1. The summed E-state index contributed by atoms with van der Waals surface area (Å²) in [5.41, 5.74) is 0.739. The molecule has 0 heterocycles. The predicted octanol–water partition coefficient (Wildman–Crippen LogP) is 2.92. The second kappa shape index (κ2) is 6.18. The van der Waals surface area contributed by atoms with Crippen LogP contribution in [0.3, 0.4) is 0 Å². The van der Waals surface area contributed by atoms with Crippen LogP contribution >= 0.6 is 11.6 Å². The molecule has 0 aliphatic heterocycles. The first-order valence-corrected chi connectivity index (χ1v) is 5.24. The van der Waals surface area contributed by atoms with E-state index in [4.69, 9.17) is 21.1 Å². The van der Waals surface area contributed by atoms with Gasteiger partial charge in [0, 0.05) is 11.6 Å². The van der Waals surface area contributed by atoms with E-state index in [1.54, 1.807) is 31.2 Å². The van der Waals surface area contributed by atoms with Gasteiger partial charge in [-0.3, -0.25) is 0 Å². The molecule has 0 atom stereocenters. The van der Waals surface area contributed by atoms with Crippen molar-refractivity contribution >= 4 is 23.6 Å². The van der Waals surface area contributed by atoms with Crippen molar-refractivity contribution in [2.75, 3.05) is 13.7 Å². The molecule has 1 aromatic rings. The number of carbonyl (C=O) groups is 1. The topological polar surface area (TPSA) is 35.5 Å². The van der Waals surface area contributed by atoms with E-state index in [1.807, 2.05) is 0 Å². The summed E-state index contributed by atoms with van der Waals surface area (Å²) in [6.45, 7) is 2.11. The standard InChI is InChI=1S/C12H13ClO3/c1-3-16-11(14)8-7-9-5-4-6-10(13)12(9)15-2/h4-8H,3H2,1-2H3. The molecule has 0 aliphatic carbocycles. The average Bonchev–Trinajstić information content (AvgIpc) is 2.27. The van der Waals surface area contributed by atoms with Crippen molar-refractivity contribution in [1.29, 1.82) is 0 Å². The summed E-state index contributed by atoms with van der Waals surface area (Å²) >= 11 is 5.93. The highest BCUT2D eigenvalue weighted by Gasteiger charge is 2.04. The fraction of sp³-hybridized carbons (Fsp3) is 0.250. The molecular weight excluding hydrogens is 228 g/mol. The van der Waals surface area contributed by atoms with Gasteiger partial charge in [-0.05, 0) is 19.1 Å². The number of benzene rings is 1. The largest absolute Gasteiger partial charge is 0.495 e. The minimum absolute atomic E-state index is 0.357. The summed E-state index contributed by atoms with van der Waals surface area (Å²) in [4.78, 5) is 11.1. The van der Waals surface area contributed by atoms with Gasteiger partial charge < -0.3 is 9.47 Å². The summed E-state index contributed by atoms with van der Waals surface area (Å²) in [5.74, 6) is 0.161. The zero-order valence-corrected chi connectivity index (χ0v) is 9.95. The third-order valence-corrected chi connectivity index (χ3v) is 2.18. The highest BCUT2D eigenvalue weighted by molar-refractivity contribution is 6.32. The Morgan fingerprint density at radius 3 is 2.88 bits per heavy atom. The quantitative estimate of drug-likeness (QED) is 0.600. The van der Waals surface area contributed by atoms with Gasteiger partial charge in [-0.2, -0.15) is 0 Å². The first kappa shape index (κ1) is 12.6. The van der Waals surface area contributed by atoms with Gasteiger partial charge in [0.05, 0.1) is 18.7 Å². The van der Waals surface area contributed by atoms with Crippen molar-refractivity contribution in [3.8, 4) is 5.75 Å². The fourth-order valence-electron chi connectivity index (χ4n) is 1.22. The van der Waals surface area contributed by atoms with Crippen molar-refractivity contribution in [3.63, 3.8) is 0 Å². The Bertz CT molecular complexity index is 399. The van der Waals surface area contributed by atoms with Crippen LogP contribution in [0, 0.1) is 0 Å². The van der Waals surface area contributed by atoms with E-state index in [9.17, 15) is 4.79 Å². The highest BCUT2D eigenvalue weighted by Crippen LogP contribution is 2.28. The maximum absolute atomic E-state index is 11.1. The molecule has 4 heteroatoms. The minimum atomic E-state index is -0.385. The molecule has 0 fully saturated rings. The fourth-order valence-corrected chi connectivity index (χ4v) is 1.48. The lowest BCUT2D eigenvalue weighted by Crippen LogP contribution is -1.98. The van der Waals surface area contributed by atoms with E-state index in [2.05, 4.69) is 0 Å². The molecule has 0 saturated carbocycles. The third-order valence-electron chi connectivity index (χ3n) is 1.89. The molecule has 0 N–H and O–H groups in total. The van der Waals surface area contributed by atoms with Crippen LogP contribution in [0.5, 0.6) is 5.75 Å². The zero-order valence-electron chi connectivity index (χ0n) is 9.20. The summed E-state index contributed by atoms with van der Waals surface area (Å²) in [5, 5.41) is 0.508. The molecule has 86 valence electrons. The lowest BCUT2D eigenvalue weighted by atomic mass is 10.2. The summed E-state index contributed by atoms with van der Waals surface area (Å²) in [6.07, 6.45) is 2.96. The van der Waals surface area contributed by atoms with Gasteiger partial charge in [0.2, 0.25) is 0 Å². The number of hydrogen-bond acceptors (Lipinski definition) is 3. The Labute approximate surface area is 99.6 Å². The van der Waals surface area contributed by atoms with Crippen LogP contribution in [0.1, 0.15) is 12.5 Å². The van der Waals surface area contributed by atoms with Crippen LogP contribution in [0.4, 0.5) is 0 Å². The predicted molar refractivity (Wildman–Crippen MR) is 63.7 cm³/mol. The van der Waals surface area contributed by atoms with Crippen molar-refractivity contribution in [2.45, 2.75) is 6.92 Å². The van der Waals surface area contributed by atoms with E-state index >= 15 is 0 Å². The monoisotopic (exact) mass is 240 g/mol. The van der Waals surface area contributed by atoms with E-state index in [0.717, 1.165) is 5.56 Å². The molecular formula is C12H13ClO3. The highest BCUT2D eigenvalue weighted by atomic mass is 35.5. The number of rotatable bonds is 4. The van der Waals surface area contributed by atoms with E-state index in [-0.39, 0.29) is 5.97 Å². The molecule has 16 heavy (non-hydrogen) atoms. The number of esters is 1. The van der Waals surface area contributed by atoms with Crippen molar-refractivity contribution in [1.82, 2.24) is 0 Å². The van der Waals surface area contributed by atoms with E-state index in [1.165, 1.54) is 13.2 Å². The number of ether oxygens (including phenoxy) is 2. The molecule has 0 bridgehead atoms. The summed E-state index contributed by atoms with van der Waals surface area (Å²) in [6, 6.07) is 5.32. The molecule has 1 aromatic carbocycles. The molecule has 0 amide bonds. The van der Waals surface area contributed by atoms with Crippen molar-refractivity contribution in [3.05, 3.63) is 34.9 Å². The van der Waals surface area contributed by atoms with Crippen LogP contribution in [-0.2, 0) is 9.53 Å². The molecule has 1 rings (SSSR count). The van der Waals surface area contributed by atoms with E-state index < -0.39 is 0 Å². The van der Waals surface area contributed by atoms with Gasteiger partial charge in [0.15, 0.2) is 0 Å². The summed E-state index contributed by atoms with van der Waals surface area (Å²) < 4.78 is 9.90. The maximum atomic E-state index is 11.1. The van der Waals surface area contributed by atoms with Gasteiger partial charge in [0.25, 0.3) is 0 Å². The van der Waals surface area contributed by atoms with Gasteiger partial charge >= 0.3 is 5.97 Å². The van der Waals surface area contributed by atoms with Crippen LogP contribution < -0.4 is 4.74 Å². The first-order valence-electron chi connectivity index (χ1n) is 4.86. The zero-order chi connectivity index (χ0) is 12.0. The first-order chi connectivity index (χ1) is 7.69. The number of hydrogen-bond donors (Lipinski definition) is 0. The number of methoxy groups -OCH3 is 1. The number of halogens is 1. The summed E-state index contributed by atoms with van der Waals surface area (Å²) in [7, 11) is 1.53.